The Morgan fingerprint density at radius 2 is 2.12 bits per heavy atom. The maximum Gasteiger partial charge on any atom is 0.253 e. The van der Waals surface area contributed by atoms with E-state index in [0.717, 1.165) is 25.1 Å². The molecule has 0 bridgehead atoms. The van der Waals surface area contributed by atoms with E-state index in [1.165, 1.54) is 0 Å². The van der Waals surface area contributed by atoms with Crippen molar-refractivity contribution in [1.82, 2.24) is 5.32 Å². The van der Waals surface area contributed by atoms with Crippen LogP contribution in [0.25, 0.3) is 0 Å². The number of aliphatic hydroxyl groups is 1. The van der Waals surface area contributed by atoms with E-state index in [9.17, 15) is 9.90 Å². The van der Waals surface area contributed by atoms with Gasteiger partial charge in [0.1, 0.15) is 0 Å². The first-order chi connectivity index (χ1) is 8.21. The Hall–Kier alpha value is -1.55. The largest absolute Gasteiger partial charge is 0.394 e. The van der Waals surface area contributed by atoms with E-state index in [1.807, 2.05) is 25.1 Å². The number of benzene rings is 1. The molecule has 1 fully saturated rings. The molecule has 1 amide bonds. The van der Waals surface area contributed by atoms with E-state index in [-0.39, 0.29) is 18.1 Å². The highest BCUT2D eigenvalue weighted by molar-refractivity contribution is 6.00. The Balaban J connectivity index is 2.13. The Morgan fingerprint density at radius 1 is 1.41 bits per heavy atom. The molecule has 17 heavy (non-hydrogen) atoms. The minimum Gasteiger partial charge on any atom is -0.394 e. The number of nitrogens with one attached hydrogen (secondary N) is 2. The molecule has 92 valence electrons. The van der Waals surface area contributed by atoms with E-state index in [4.69, 9.17) is 0 Å². The van der Waals surface area contributed by atoms with Crippen molar-refractivity contribution in [1.29, 1.82) is 0 Å². The van der Waals surface area contributed by atoms with Crippen LogP contribution in [0.4, 0.5) is 5.69 Å². The highest BCUT2D eigenvalue weighted by atomic mass is 16.3. The standard InChI is InChI=1S/C13H18N2O2/c1-2-14-11-6-4-3-5-10(11)12(17)15-13(9-16)7-8-13/h3-6,14,16H,2,7-9H2,1H3,(H,15,17). The molecule has 1 aromatic rings. The minimum absolute atomic E-state index is 0.0160. The number of rotatable bonds is 5. The second kappa shape index (κ2) is 4.75. The fourth-order valence-corrected chi connectivity index (χ4v) is 1.81. The summed E-state index contributed by atoms with van der Waals surface area (Å²) in [5.74, 6) is -0.117. The smallest absolute Gasteiger partial charge is 0.253 e. The summed E-state index contributed by atoms with van der Waals surface area (Å²) in [7, 11) is 0. The average molecular weight is 234 g/mol. The number of carbonyl (C=O) groups is 1. The van der Waals surface area contributed by atoms with Gasteiger partial charge in [-0.1, -0.05) is 12.1 Å². The summed E-state index contributed by atoms with van der Waals surface area (Å²) in [5.41, 5.74) is 1.10. The molecule has 1 saturated carbocycles. The van der Waals surface area contributed by atoms with Crippen LogP contribution in [-0.2, 0) is 0 Å². The fourth-order valence-electron chi connectivity index (χ4n) is 1.81. The number of hydrogen-bond acceptors (Lipinski definition) is 3. The van der Waals surface area contributed by atoms with Gasteiger partial charge >= 0.3 is 0 Å². The summed E-state index contributed by atoms with van der Waals surface area (Å²) in [4.78, 5) is 12.1. The summed E-state index contributed by atoms with van der Waals surface area (Å²) in [6.07, 6.45) is 1.72. The zero-order chi connectivity index (χ0) is 12.3. The summed E-state index contributed by atoms with van der Waals surface area (Å²) < 4.78 is 0. The summed E-state index contributed by atoms with van der Waals surface area (Å²) in [5, 5.41) is 15.3. The van der Waals surface area contributed by atoms with Gasteiger partial charge in [0, 0.05) is 12.2 Å². The van der Waals surface area contributed by atoms with Gasteiger partial charge in [-0.3, -0.25) is 4.79 Å². The lowest BCUT2D eigenvalue weighted by atomic mass is 10.1. The van der Waals surface area contributed by atoms with Gasteiger partial charge < -0.3 is 15.7 Å². The molecule has 1 aliphatic carbocycles. The third-order valence-electron chi connectivity index (χ3n) is 3.07. The van der Waals surface area contributed by atoms with Crippen LogP contribution in [0.5, 0.6) is 0 Å². The van der Waals surface area contributed by atoms with Crippen molar-refractivity contribution in [2.75, 3.05) is 18.5 Å². The maximum absolute atomic E-state index is 12.1. The zero-order valence-electron chi connectivity index (χ0n) is 9.99. The fraction of sp³-hybridized carbons (Fsp3) is 0.462. The molecule has 0 spiro atoms. The first-order valence-corrected chi connectivity index (χ1v) is 5.97. The predicted molar refractivity (Wildman–Crippen MR) is 67.1 cm³/mol. The van der Waals surface area contributed by atoms with Crippen LogP contribution in [0.2, 0.25) is 0 Å². The summed E-state index contributed by atoms with van der Waals surface area (Å²) in [6.45, 7) is 2.78. The molecule has 0 atom stereocenters. The molecule has 0 aliphatic heterocycles. The number of anilines is 1. The lowest BCUT2D eigenvalue weighted by molar-refractivity contribution is 0.0907. The van der Waals surface area contributed by atoms with E-state index in [0.29, 0.717) is 5.56 Å². The second-order valence-corrected chi connectivity index (χ2v) is 4.47. The number of hydrogen-bond donors (Lipinski definition) is 3. The Kier molecular flexibility index (Phi) is 3.33. The molecule has 3 N–H and O–H groups in total. The number of para-hydroxylation sites is 1. The van der Waals surface area contributed by atoms with E-state index < -0.39 is 0 Å². The van der Waals surface area contributed by atoms with Crippen LogP contribution in [0.1, 0.15) is 30.1 Å². The van der Waals surface area contributed by atoms with E-state index in [1.54, 1.807) is 6.07 Å². The molecule has 0 radical (unpaired) electrons. The molecule has 0 aromatic heterocycles. The van der Waals surface area contributed by atoms with Crippen molar-refractivity contribution >= 4 is 11.6 Å². The molecular formula is C13H18N2O2. The van der Waals surface area contributed by atoms with Gasteiger partial charge in [0.05, 0.1) is 17.7 Å². The molecule has 1 aliphatic rings. The first kappa shape index (κ1) is 11.9. The average Bonchev–Trinajstić information content (AvgIpc) is 3.10. The van der Waals surface area contributed by atoms with Crippen molar-refractivity contribution in [3.05, 3.63) is 29.8 Å². The molecular weight excluding hydrogens is 216 g/mol. The van der Waals surface area contributed by atoms with Crippen molar-refractivity contribution < 1.29 is 9.90 Å². The first-order valence-electron chi connectivity index (χ1n) is 5.97. The van der Waals surface area contributed by atoms with Crippen LogP contribution in [0.3, 0.4) is 0 Å². The van der Waals surface area contributed by atoms with Crippen LogP contribution >= 0.6 is 0 Å². The second-order valence-electron chi connectivity index (χ2n) is 4.47. The van der Waals surface area contributed by atoms with Gasteiger partial charge in [-0.15, -0.1) is 0 Å². The van der Waals surface area contributed by atoms with Crippen molar-refractivity contribution in [2.45, 2.75) is 25.3 Å². The molecule has 0 saturated heterocycles. The third kappa shape index (κ3) is 2.58. The van der Waals surface area contributed by atoms with Crippen LogP contribution in [-0.4, -0.2) is 29.7 Å². The SMILES string of the molecule is CCNc1ccccc1C(=O)NC1(CO)CC1. The van der Waals surface area contributed by atoms with E-state index in [2.05, 4.69) is 10.6 Å². The van der Waals surface area contributed by atoms with Crippen molar-refractivity contribution in [3.63, 3.8) is 0 Å². The quantitative estimate of drug-likeness (QED) is 0.721. The van der Waals surface area contributed by atoms with E-state index >= 15 is 0 Å². The molecule has 0 unspecified atom stereocenters. The Labute approximate surface area is 101 Å². The summed E-state index contributed by atoms with van der Waals surface area (Å²) in [6, 6.07) is 7.42. The minimum atomic E-state index is -0.365. The normalized spacial score (nSPS) is 16.4. The molecule has 4 heteroatoms. The van der Waals surface area contributed by atoms with Crippen molar-refractivity contribution in [3.8, 4) is 0 Å². The third-order valence-corrected chi connectivity index (χ3v) is 3.07. The molecule has 4 nitrogen and oxygen atoms in total. The van der Waals surface area contributed by atoms with Gasteiger partial charge in [-0.25, -0.2) is 0 Å². The van der Waals surface area contributed by atoms with Crippen LogP contribution in [0.15, 0.2) is 24.3 Å². The molecule has 0 heterocycles. The lowest BCUT2D eigenvalue weighted by Crippen LogP contribution is -2.39. The number of carbonyl (C=O) groups excluding carboxylic acids is 1. The maximum atomic E-state index is 12.1. The van der Waals surface area contributed by atoms with Gasteiger partial charge in [0.25, 0.3) is 5.91 Å². The van der Waals surface area contributed by atoms with Crippen LogP contribution in [0, 0.1) is 0 Å². The zero-order valence-corrected chi connectivity index (χ0v) is 9.99. The van der Waals surface area contributed by atoms with Gasteiger partial charge in [-0.2, -0.15) is 0 Å². The van der Waals surface area contributed by atoms with Crippen LogP contribution < -0.4 is 10.6 Å². The van der Waals surface area contributed by atoms with Gasteiger partial charge in [0.15, 0.2) is 0 Å². The predicted octanol–water partition coefficient (Wildman–Crippen LogP) is 1.37. The van der Waals surface area contributed by atoms with Gasteiger partial charge in [0.2, 0.25) is 0 Å². The number of amides is 1. The molecule has 2 rings (SSSR count). The highest BCUT2D eigenvalue weighted by Crippen LogP contribution is 2.35. The summed E-state index contributed by atoms with van der Waals surface area (Å²) >= 11 is 0. The molecule has 1 aromatic carbocycles. The topological polar surface area (TPSA) is 61.4 Å². The lowest BCUT2D eigenvalue weighted by Gasteiger charge is -2.16. The highest BCUT2D eigenvalue weighted by Gasteiger charge is 2.43. The Morgan fingerprint density at radius 3 is 2.71 bits per heavy atom. The Bertz CT molecular complexity index is 414. The van der Waals surface area contributed by atoms with Gasteiger partial charge in [-0.05, 0) is 31.9 Å². The number of aliphatic hydroxyl groups excluding tert-OH is 1. The monoisotopic (exact) mass is 234 g/mol. The van der Waals surface area contributed by atoms with Crippen molar-refractivity contribution in [2.24, 2.45) is 0 Å².